The first kappa shape index (κ1) is 8.58. The Bertz CT molecular complexity index is 163. The maximum absolute atomic E-state index is 2.37. The van der Waals surface area contributed by atoms with Gasteiger partial charge in [0.05, 0.1) is 0 Å². The molecule has 1 rings (SSSR count). The van der Waals surface area contributed by atoms with Gasteiger partial charge in [0, 0.05) is 0 Å². The fraction of sp³-hybridized carbons (Fsp3) is 0.636. The summed E-state index contributed by atoms with van der Waals surface area (Å²) >= 11 is 0. The lowest BCUT2D eigenvalue weighted by atomic mass is 9.93. The molecule has 1 atom stereocenters. The Morgan fingerprint density at radius 1 is 1.55 bits per heavy atom. The molecule has 0 heterocycles. The number of hydrogen-bond acceptors (Lipinski definition) is 0. The molecule has 0 aromatic rings. The summed E-state index contributed by atoms with van der Waals surface area (Å²) in [7, 11) is 0. The third-order valence-electron chi connectivity index (χ3n) is 2.30. The van der Waals surface area contributed by atoms with E-state index in [-0.39, 0.29) is 0 Å². The van der Waals surface area contributed by atoms with E-state index in [2.05, 4.69) is 32.1 Å². The second-order valence-corrected chi connectivity index (χ2v) is 3.45. The highest BCUT2D eigenvalue weighted by Gasteiger charge is 2.05. The second kappa shape index (κ2) is 4.38. The van der Waals surface area contributed by atoms with Gasteiger partial charge in [-0.25, -0.2) is 0 Å². The van der Waals surface area contributed by atoms with Crippen LogP contribution in [0.5, 0.6) is 0 Å². The van der Waals surface area contributed by atoms with Crippen molar-refractivity contribution in [2.45, 2.75) is 39.5 Å². The molecule has 0 aliphatic heterocycles. The van der Waals surface area contributed by atoms with Crippen molar-refractivity contribution in [2.75, 3.05) is 0 Å². The van der Waals surface area contributed by atoms with Crippen LogP contribution in [-0.2, 0) is 0 Å². The first-order valence-corrected chi connectivity index (χ1v) is 4.68. The minimum atomic E-state index is 0.832. The molecule has 0 spiro atoms. The topological polar surface area (TPSA) is 0 Å². The number of rotatable bonds is 3. The van der Waals surface area contributed by atoms with Crippen molar-refractivity contribution >= 4 is 0 Å². The second-order valence-electron chi connectivity index (χ2n) is 3.45. The zero-order valence-electron chi connectivity index (χ0n) is 7.64. The van der Waals surface area contributed by atoms with Crippen LogP contribution in [0.25, 0.3) is 0 Å². The molecule has 0 amide bonds. The molecule has 1 aliphatic carbocycles. The molecule has 0 aromatic heterocycles. The Labute approximate surface area is 70.0 Å². The van der Waals surface area contributed by atoms with Crippen LogP contribution in [0, 0.1) is 5.92 Å². The van der Waals surface area contributed by atoms with E-state index < -0.39 is 0 Å². The van der Waals surface area contributed by atoms with E-state index >= 15 is 0 Å². The summed E-state index contributed by atoms with van der Waals surface area (Å²) in [4.78, 5) is 0. The van der Waals surface area contributed by atoms with Crippen molar-refractivity contribution in [3.05, 3.63) is 23.8 Å². The van der Waals surface area contributed by atoms with Crippen molar-refractivity contribution in [3.63, 3.8) is 0 Å². The first-order chi connectivity index (χ1) is 5.33. The van der Waals surface area contributed by atoms with Gasteiger partial charge in [0.15, 0.2) is 0 Å². The summed E-state index contributed by atoms with van der Waals surface area (Å²) in [5.74, 6) is 0.832. The van der Waals surface area contributed by atoms with E-state index in [0.29, 0.717) is 0 Å². The van der Waals surface area contributed by atoms with E-state index in [9.17, 15) is 0 Å². The quantitative estimate of drug-likeness (QED) is 0.575. The lowest BCUT2D eigenvalue weighted by Crippen LogP contribution is -1.98. The van der Waals surface area contributed by atoms with Crippen LogP contribution in [0.2, 0.25) is 0 Å². The maximum atomic E-state index is 2.37. The monoisotopic (exact) mass is 150 g/mol. The zero-order valence-corrected chi connectivity index (χ0v) is 7.64. The molecule has 0 nitrogen and oxygen atoms in total. The van der Waals surface area contributed by atoms with Crippen molar-refractivity contribution in [1.82, 2.24) is 0 Å². The van der Waals surface area contributed by atoms with Gasteiger partial charge in [-0.15, -0.1) is 0 Å². The maximum Gasteiger partial charge on any atom is -0.0195 e. The highest BCUT2D eigenvalue weighted by Crippen LogP contribution is 2.20. The van der Waals surface area contributed by atoms with Crippen LogP contribution in [0.3, 0.4) is 0 Å². The van der Waals surface area contributed by atoms with E-state index in [1.807, 2.05) is 0 Å². The summed E-state index contributed by atoms with van der Waals surface area (Å²) in [5, 5.41) is 0. The summed E-state index contributed by atoms with van der Waals surface area (Å²) < 4.78 is 0. The van der Waals surface area contributed by atoms with Crippen molar-refractivity contribution < 1.29 is 0 Å². The molecule has 0 bridgehead atoms. The normalized spacial score (nSPS) is 23.5. The highest BCUT2D eigenvalue weighted by atomic mass is 14.1. The predicted molar refractivity (Wildman–Crippen MR) is 50.5 cm³/mol. The average molecular weight is 150 g/mol. The van der Waals surface area contributed by atoms with Gasteiger partial charge in [-0.05, 0) is 25.7 Å². The standard InChI is InChI=1S/C11H18/c1-3-4-5-11-8-6-10(2)7-9-11/h6-8,11H,3-5,9H2,1-2H3. The Hall–Kier alpha value is -0.520. The third-order valence-corrected chi connectivity index (χ3v) is 2.30. The fourth-order valence-electron chi connectivity index (χ4n) is 1.45. The number of unbranched alkanes of at least 4 members (excludes halogenated alkanes) is 1. The Kier molecular flexibility index (Phi) is 3.41. The minimum absolute atomic E-state index is 0.832. The molecule has 62 valence electrons. The molecule has 11 heavy (non-hydrogen) atoms. The number of allylic oxidation sites excluding steroid dienone is 4. The molecule has 0 heteroatoms. The van der Waals surface area contributed by atoms with Crippen LogP contribution in [0.15, 0.2) is 23.8 Å². The molecular formula is C11H18. The Morgan fingerprint density at radius 3 is 2.91 bits per heavy atom. The molecule has 0 saturated carbocycles. The molecule has 0 fully saturated rings. The third kappa shape index (κ3) is 2.92. The summed E-state index contributed by atoms with van der Waals surface area (Å²) in [6.07, 6.45) is 12.3. The van der Waals surface area contributed by atoms with Crippen molar-refractivity contribution in [1.29, 1.82) is 0 Å². The lowest BCUT2D eigenvalue weighted by Gasteiger charge is -2.13. The molecular weight excluding hydrogens is 132 g/mol. The Morgan fingerprint density at radius 2 is 2.36 bits per heavy atom. The summed E-state index contributed by atoms with van der Waals surface area (Å²) in [6.45, 7) is 4.43. The van der Waals surface area contributed by atoms with E-state index in [0.717, 1.165) is 5.92 Å². The van der Waals surface area contributed by atoms with Gasteiger partial charge in [0.1, 0.15) is 0 Å². The summed E-state index contributed by atoms with van der Waals surface area (Å²) in [6, 6.07) is 0. The highest BCUT2D eigenvalue weighted by molar-refractivity contribution is 5.21. The van der Waals surface area contributed by atoms with E-state index in [1.165, 1.54) is 31.3 Å². The number of hydrogen-bond donors (Lipinski definition) is 0. The fourth-order valence-corrected chi connectivity index (χ4v) is 1.45. The smallest absolute Gasteiger partial charge is 0.0195 e. The van der Waals surface area contributed by atoms with Crippen LogP contribution < -0.4 is 0 Å². The van der Waals surface area contributed by atoms with Crippen LogP contribution >= 0.6 is 0 Å². The van der Waals surface area contributed by atoms with Crippen molar-refractivity contribution in [2.24, 2.45) is 5.92 Å². The largest absolute Gasteiger partial charge is 0.0810 e. The first-order valence-electron chi connectivity index (χ1n) is 4.68. The van der Waals surface area contributed by atoms with Gasteiger partial charge in [0.25, 0.3) is 0 Å². The molecule has 1 unspecified atom stereocenters. The van der Waals surface area contributed by atoms with Crippen LogP contribution in [-0.4, -0.2) is 0 Å². The zero-order chi connectivity index (χ0) is 8.10. The molecule has 0 saturated heterocycles. The van der Waals surface area contributed by atoms with Gasteiger partial charge in [-0.1, -0.05) is 43.6 Å². The van der Waals surface area contributed by atoms with Crippen molar-refractivity contribution in [3.8, 4) is 0 Å². The van der Waals surface area contributed by atoms with E-state index in [1.54, 1.807) is 0 Å². The van der Waals surface area contributed by atoms with E-state index in [4.69, 9.17) is 0 Å². The SMILES string of the molecule is CCCCC1C=CC(C)=CC1. The van der Waals surface area contributed by atoms with Gasteiger partial charge < -0.3 is 0 Å². The molecule has 0 N–H and O–H groups in total. The van der Waals surface area contributed by atoms with Gasteiger partial charge in [-0.2, -0.15) is 0 Å². The average Bonchev–Trinajstić information content (AvgIpc) is 2.04. The molecule has 0 aromatic carbocycles. The van der Waals surface area contributed by atoms with Gasteiger partial charge in [0.2, 0.25) is 0 Å². The predicted octanol–water partition coefficient (Wildman–Crippen LogP) is 3.70. The molecule has 0 radical (unpaired) electrons. The Balaban J connectivity index is 2.25. The minimum Gasteiger partial charge on any atom is -0.0810 e. The van der Waals surface area contributed by atoms with Crippen LogP contribution in [0.4, 0.5) is 0 Å². The van der Waals surface area contributed by atoms with Gasteiger partial charge in [-0.3, -0.25) is 0 Å². The van der Waals surface area contributed by atoms with Gasteiger partial charge >= 0.3 is 0 Å². The molecule has 1 aliphatic rings. The summed E-state index contributed by atoms with van der Waals surface area (Å²) in [5.41, 5.74) is 1.43. The lowest BCUT2D eigenvalue weighted by molar-refractivity contribution is 0.556. The van der Waals surface area contributed by atoms with Crippen LogP contribution in [0.1, 0.15) is 39.5 Å².